The summed E-state index contributed by atoms with van der Waals surface area (Å²) >= 11 is 0. The van der Waals surface area contributed by atoms with Crippen LogP contribution < -0.4 is 33.7 Å². The maximum absolute atomic E-state index is 13.3. The molecule has 25 heteroatoms. The zero-order valence-corrected chi connectivity index (χ0v) is 58.9. The molecule has 6 rings (SSSR count). The van der Waals surface area contributed by atoms with Crippen molar-refractivity contribution >= 4 is 47.4 Å². The first-order chi connectivity index (χ1) is 45.1. The Morgan fingerprint density at radius 3 is 1.06 bits per heavy atom. The number of benzene rings is 3. The van der Waals surface area contributed by atoms with Gasteiger partial charge in [0, 0.05) is 84.2 Å². The number of hydrogen-bond donors (Lipinski definition) is 1. The van der Waals surface area contributed by atoms with E-state index in [1.807, 2.05) is 18.2 Å². The fraction of sp³-hybridized carbons (Fsp3) is 0.629. The number of nitrogens with zero attached hydrogens (tertiary/aromatic N) is 2. The van der Waals surface area contributed by atoms with Gasteiger partial charge >= 0.3 is 30.1 Å². The number of methoxy groups -OCH3 is 6. The summed E-state index contributed by atoms with van der Waals surface area (Å²) in [5.41, 5.74) is 0.584. The molecule has 3 aromatic carbocycles. The molecule has 9 atom stereocenters. The minimum atomic E-state index is -0.943. The van der Waals surface area contributed by atoms with Gasteiger partial charge in [-0.25, -0.2) is 19.2 Å². The van der Waals surface area contributed by atoms with Crippen LogP contribution in [0.25, 0.3) is 0 Å². The highest BCUT2D eigenvalue weighted by Crippen LogP contribution is 2.47. The number of esters is 3. The molecule has 1 N–H and O–H groups in total. The van der Waals surface area contributed by atoms with E-state index in [1.165, 1.54) is 37.9 Å². The molecule has 3 saturated heterocycles. The molecule has 3 heterocycles. The van der Waals surface area contributed by atoms with Gasteiger partial charge in [0.1, 0.15) is 46.7 Å². The lowest BCUT2D eigenvalue weighted by Gasteiger charge is -2.33. The monoisotopic (exact) mass is 1340 g/mol. The first kappa shape index (κ1) is 79.7. The third-order valence-corrected chi connectivity index (χ3v) is 15.6. The third kappa shape index (κ3) is 23.3. The van der Waals surface area contributed by atoms with Crippen molar-refractivity contribution in [2.45, 2.75) is 169 Å². The van der Waals surface area contributed by atoms with E-state index in [9.17, 15) is 38.4 Å². The molecular weight excluding hydrogens is 1230 g/mol. The molecule has 0 radical (unpaired) electrons. The van der Waals surface area contributed by atoms with Crippen LogP contribution in [0.4, 0.5) is 9.59 Å². The fourth-order valence-electron chi connectivity index (χ4n) is 11.4. The predicted octanol–water partition coefficient (Wildman–Crippen LogP) is 10.1. The molecule has 2 amide bonds. The Morgan fingerprint density at radius 1 is 0.432 bits per heavy atom. The number of rotatable bonds is 30. The van der Waals surface area contributed by atoms with Gasteiger partial charge in [-0.2, -0.15) is 0 Å². The molecule has 0 bridgehead atoms. The number of likely N-dealkylation sites (tertiary alicyclic amines) is 2. The highest BCUT2D eigenvalue weighted by atomic mass is 16.6. The van der Waals surface area contributed by atoms with E-state index in [0.29, 0.717) is 111 Å². The van der Waals surface area contributed by atoms with Gasteiger partial charge in [-0.05, 0) is 155 Å². The molecule has 95 heavy (non-hydrogen) atoms. The maximum Gasteiger partial charge on any atom is 0.411 e. The van der Waals surface area contributed by atoms with Crippen molar-refractivity contribution < 1.29 is 105 Å². The maximum atomic E-state index is 13.3. The number of carbonyl (C=O) groups is 8. The average Bonchev–Trinajstić information content (AvgIpc) is 1.64. The quantitative estimate of drug-likeness (QED) is 0.0369. The van der Waals surface area contributed by atoms with Crippen LogP contribution in [-0.4, -0.2) is 189 Å². The Kier molecular flexibility index (Phi) is 32.5. The van der Waals surface area contributed by atoms with Gasteiger partial charge in [0.05, 0.1) is 73.1 Å². The van der Waals surface area contributed by atoms with E-state index in [4.69, 9.17) is 66.3 Å². The van der Waals surface area contributed by atoms with Crippen molar-refractivity contribution in [3.63, 3.8) is 0 Å². The van der Waals surface area contributed by atoms with E-state index < -0.39 is 77.4 Å². The number of Topliss-reactive ketones (excluding diaryl/α,β-unsaturated/α-hetero) is 3. The normalized spacial score (nSPS) is 20.5. The summed E-state index contributed by atoms with van der Waals surface area (Å²) in [6.07, 6.45) is 1.47. The molecule has 3 fully saturated rings. The molecule has 530 valence electrons. The van der Waals surface area contributed by atoms with Gasteiger partial charge < -0.3 is 66.3 Å². The fourth-order valence-corrected chi connectivity index (χ4v) is 11.4. The summed E-state index contributed by atoms with van der Waals surface area (Å²) in [6, 6.07) is 12.0. The van der Waals surface area contributed by atoms with Gasteiger partial charge in [0.25, 0.3) is 0 Å². The topological polar surface area (TPSA) is 284 Å². The van der Waals surface area contributed by atoms with Crippen molar-refractivity contribution in [2.75, 3.05) is 102 Å². The molecule has 0 spiro atoms. The van der Waals surface area contributed by atoms with Gasteiger partial charge in [-0.15, -0.1) is 0 Å². The molecular formula is C70H103N3O22. The van der Waals surface area contributed by atoms with Crippen LogP contribution in [0.5, 0.6) is 34.5 Å². The van der Waals surface area contributed by atoms with Crippen LogP contribution in [0, 0.1) is 17.8 Å². The molecule has 25 nitrogen and oxygen atoms in total. The van der Waals surface area contributed by atoms with Crippen LogP contribution >= 0.6 is 0 Å². The summed E-state index contributed by atoms with van der Waals surface area (Å²) in [4.78, 5) is 104. The van der Waals surface area contributed by atoms with Crippen molar-refractivity contribution in [1.82, 2.24) is 15.1 Å². The zero-order valence-electron chi connectivity index (χ0n) is 58.9. The van der Waals surface area contributed by atoms with Crippen LogP contribution in [0.1, 0.15) is 156 Å². The smallest absolute Gasteiger partial charge is 0.411 e. The lowest BCUT2D eigenvalue weighted by atomic mass is 9.90. The van der Waals surface area contributed by atoms with Crippen LogP contribution in [0.15, 0.2) is 54.6 Å². The SMILES string of the molecule is CCOC(=O)C1CC(C(C)=O)C(c2ccc(OC)c(OCCCOC)c2)N1.CCOC(=O)[C@@H]1C[C@H](C(C)=O)[C@H](c2ccc(OC)c(OCCCOC)c2)N1C(=O)OC(C)(C)C.CCOC(=O)[C@H]1C[C@@H](C(C)=O)C(c2ccc(OC)c(OCCCOC)c2)N1C(=O)OC(C)(C)C. The zero-order chi connectivity index (χ0) is 70.7. The highest BCUT2D eigenvalue weighted by Gasteiger charge is 2.53. The summed E-state index contributed by atoms with van der Waals surface area (Å²) in [5.74, 6) is 0.00451. The molecule has 3 aliphatic heterocycles. The van der Waals surface area contributed by atoms with Gasteiger partial charge in [0.2, 0.25) is 0 Å². The number of amides is 2. The Balaban J connectivity index is 0.000000306. The van der Waals surface area contributed by atoms with Crippen molar-refractivity contribution in [3.05, 3.63) is 71.3 Å². The summed E-state index contributed by atoms with van der Waals surface area (Å²) < 4.78 is 75.8. The number of ether oxygens (including phenoxy) is 14. The Morgan fingerprint density at radius 2 is 0.758 bits per heavy atom. The lowest BCUT2D eigenvalue weighted by molar-refractivity contribution is -0.149. The van der Waals surface area contributed by atoms with Gasteiger partial charge in [-0.1, -0.05) is 18.2 Å². The van der Waals surface area contributed by atoms with E-state index in [2.05, 4.69) is 5.32 Å². The first-order valence-corrected chi connectivity index (χ1v) is 32.3. The van der Waals surface area contributed by atoms with Crippen molar-refractivity contribution in [3.8, 4) is 34.5 Å². The van der Waals surface area contributed by atoms with Gasteiger partial charge in [0.15, 0.2) is 34.5 Å². The molecule has 0 saturated carbocycles. The van der Waals surface area contributed by atoms with E-state index in [1.54, 1.807) is 134 Å². The average molecular weight is 1340 g/mol. The minimum Gasteiger partial charge on any atom is -0.493 e. The largest absolute Gasteiger partial charge is 0.493 e. The van der Waals surface area contributed by atoms with Crippen LogP contribution in [0.3, 0.4) is 0 Å². The minimum absolute atomic E-state index is 0.0395. The van der Waals surface area contributed by atoms with E-state index in [-0.39, 0.29) is 61.3 Å². The van der Waals surface area contributed by atoms with E-state index >= 15 is 0 Å². The lowest BCUT2D eigenvalue weighted by Crippen LogP contribution is -2.45. The summed E-state index contributed by atoms with van der Waals surface area (Å²) in [7, 11) is 9.54. The second-order valence-electron chi connectivity index (χ2n) is 24.8. The number of carbonyl (C=O) groups excluding carboxylic acids is 8. The molecule has 0 aliphatic carbocycles. The predicted molar refractivity (Wildman–Crippen MR) is 350 cm³/mol. The standard InChI is InChI=1S/2C25H37NO8.C20H29NO6/c2*1-8-32-23(28)19-15-18(16(2)27)22(26(19)24(29)34-25(3,4)5)17-10-11-20(31-7)21(14-17)33-13-9-12-30-6;1-5-26-20(23)16-12-15(13(2)22)19(21-16)14-7-8-17(25-4)18(11-14)27-10-6-9-24-3/h2*10-11,14,18-19,22H,8-9,12-13,15H2,1-7H3;7-8,11,15-16,19,21H,5-6,9-10,12H2,1-4H3/t18-,19+,22?;18-,19+,22+;/m01./s1. The Bertz CT molecular complexity index is 2850. The summed E-state index contributed by atoms with van der Waals surface area (Å²) in [5, 5.41) is 3.25. The number of nitrogens with one attached hydrogen (secondary N) is 1. The Labute approximate surface area is 559 Å². The highest BCUT2D eigenvalue weighted by molar-refractivity contribution is 5.89. The molecule has 3 aromatic rings. The second-order valence-corrected chi connectivity index (χ2v) is 24.8. The third-order valence-electron chi connectivity index (χ3n) is 15.6. The van der Waals surface area contributed by atoms with Gasteiger partial charge in [-0.3, -0.25) is 34.3 Å². The van der Waals surface area contributed by atoms with Crippen LogP contribution in [-0.2, 0) is 66.7 Å². The number of ketones is 3. The molecule has 3 aliphatic rings. The van der Waals surface area contributed by atoms with Crippen molar-refractivity contribution in [2.24, 2.45) is 17.8 Å². The van der Waals surface area contributed by atoms with E-state index in [0.717, 1.165) is 12.0 Å². The molecule has 4 unspecified atom stereocenters. The second kappa shape index (κ2) is 38.7. The van der Waals surface area contributed by atoms with Crippen LogP contribution in [0.2, 0.25) is 0 Å². The first-order valence-electron chi connectivity index (χ1n) is 32.3. The molecule has 0 aromatic heterocycles. The number of hydrogen-bond acceptors (Lipinski definition) is 23. The van der Waals surface area contributed by atoms with Crippen molar-refractivity contribution in [1.29, 1.82) is 0 Å². The Hall–Kier alpha value is -7.74. The summed E-state index contributed by atoms with van der Waals surface area (Å²) in [6.45, 7) is 23.8.